The van der Waals surface area contributed by atoms with Crippen LogP contribution in [0, 0.1) is 27.7 Å². The van der Waals surface area contributed by atoms with E-state index in [4.69, 9.17) is 5.11 Å². The van der Waals surface area contributed by atoms with E-state index in [0.717, 1.165) is 22.3 Å². The number of aromatic carboxylic acids is 1. The van der Waals surface area contributed by atoms with Gasteiger partial charge in [0.2, 0.25) is 0 Å². The molecule has 0 aliphatic carbocycles. The molecule has 1 aromatic rings. The zero-order valence-corrected chi connectivity index (χ0v) is 9.70. The molecule has 0 atom stereocenters. The normalized spacial score (nSPS) is 10.4. The van der Waals surface area contributed by atoms with E-state index in [-0.39, 0.29) is 0 Å². The van der Waals surface area contributed by atoms with Crippen LogP contribution in [0.2, 0.25) is 0 Å². The van der Waals surface area contributed by atoms with Gasteiger partial charge in [0.25, 0.3) is 0 Å². The predicted molar refractivity (Wildman–Crippen MR) is 59.6 cm³/mol. The Bertz CT molecular complexity index is 379. The SMILES string of the molecule is Cc1c(C)c(C)c(C(=O)O)c(S)c1C. The van der Waals surface area contributed by atoms with Gasteiger partial charge in [0.15, 0.2) is 0 Å². The van der Waals surface area contributed by atoms with Crippen molar-refractivity contribution >= 4 is 18.6 Å². The molecule has 0 unspecified atom stereocenters. The standard InChI is InChI=1S/C11H14O2S/c1-5-6(2)8(4)10(14)9(7(5)3)11(12)13/h14H,1-4H3,(H,12,13). The second-order valence-corrected chi connectivity index (χ2v) is 3.98. The zero-order valence-electron chi connectivity index (χ0n) is 8.80. The van der Waals surface area contributed by atoms with E-state index in [9.17, 15) is 4.79 Å². The third-order valence-corrected chi connectivity index (χ3v) is 3.43. The van der Waals surface area contributed by atoms with Gasteiger partial charge in [-0.15, -0.1) is 12.6 Å². The molecule has 0 amide bonds. The average Bonchev–Trinajstić information content (AvgIpc) is 2.11. The minimum Gasteiger partial charge on any atom is -0.478 e. The molecule has 0 saturated carbocycles. The molecule has 0 spiro atoms. The molecule has 0 saturated heterocycles. The molecule has 1 aromatic carbocycles. The van der Waals surface area contributed by atoms with Crippen LogP contribution in [0.25, 0.3) is 0 Å². The number of carboxylic acids is 1. The van der Waals surface area contributed by atoms with E-state index in [1.165, 1.54) is 0 Å². The second-order valence-electron chi connectivity index (χ2n) is 3.53. The van der Waals surface area contributed by atoms with Crippen molar-refractivity contribution in [2.75, 3.05) is 0 Å². The number of carboxylic acid groups (broad SMARTS) is 1. The molecular formula is C11H14O2S. The first-order chi connectivity index (χ1) is 6.37. The van der Waals surface area contributed by atoms with Crippen LogP contribution < -0.4 is 0 Å². The Hall–Kier alpha value is -0.960. The summed E-state index contributed by atoms with van der Waals surface area (Å²) in [7, 11) is 0. The van der Waals surface area contributed by atoms with Gasteiger partial charge in [-0.1, -0.05) is 0 Å². The lowest BCUT2D eigenvalue weighted by molar-refractivity contribution is 0.0692. The van der Waals surface area contributed by atoms with Crippen molar-refractivity contribution in [2.24, 2.45) is 0 Å². The van der Waals surface area contributed by atoms with Gasteiger partial charge < -0.3 is 5.11 Å². The Morgan fingerprint density at radius 2 is 1.43 bits per heavy atom. The summed E-state index contributed by atoms with van der Waals surface area (Å²) in [5.74, 6) is -0.904. The number of carbonyl (C=O) groups is 1. The lowest BCUT2D eigenvalue weighted by Crippen LogP contribution is -2.06. The van der Waals surface area contributed by atoms with E-state index in [1.807, 2.05) is 27.7 Å². The Labute approximate surface area is 89.4 Å². The number of rotatable bonds is 1. The molecule has 1 rings (SSSR count). The van der Waals surface area contributed by atoms with Crippen LogP contribution in [0.4, 0.5) is 0 Å². The summed E-state index contributed by atoms with van der Waals surface area (Å²) >= 11 is 4.26. The minimum absolute atomic E-state index is 0.328. The minimum atomic E-state index is -0.904. The number of hydrogen-bond acceptors (Lipinski definition) is 2. The van der Waals surface area contributed by atoms with Crippen LogP contribution in [-0.4, -0.2) is 11.1 Å². The average molecular weight is 210 g/mol. The second kappa shape index (κ2) is 3.65. The highest BCUT2D eigenvalue weighted by molar-refractivity contribution is 7.80. The quantitative estimate of drug-likeness (QED) is 0.699. The van der Waals surface area contributed by atoms with Crippen LogP contribution >= 0.6 is 12.6 Å². The van der Waals surface area contributed by atoms with Gasteiger partial charge in [-0.3, -0.25) is 0 Å². The molecule has 0 fully saturated rings. The van der Waals surface area contributed by atoms with Gasteiger partial charge in [0.05, 0.1) is 5.56 Å². The summed E-state index contributed by atoms with van der Waals surface area (Å²) < 4.78 is 0. The zero-order chi connectivity index (χ0) is 11.0. The van der Waals surface area contributed by atoms with Gasteiger partial charge in [0.1, 0.15) is 0 Å². The van der Waals surface area contributed by atoms with Crippen LogP contribution in [0.1, 0.15) is 32.6 Å². The molecule has 0 aliphatic rings. The van der Waals surface area contributed by atoms with Crippen molar-refractivity contribution in [1.82, 2.24) is 0 Å². The molecule has 1 N–H and O–H groups in total. The van der Waals surface area contributed by atoms with Crippen molar-refractivity contribution in [2.45, 2.75) is 32.6 Å². The highest BCUT2D eigenvalue weighted by Crippen LogP contribution is 2.28. The maximum absolute atomic E-state index is 11.0. The van der Waals surface area contributed by atoms with Gasteiger partial charge in [-0.05, 0) is 49.9 Å². The largest absolute Gasteiger partial charge is 0.478 e. The molecule has 0 aliphatic heterocycles. The molecule has 76 valence electrons. The predicted octanol–water partition coefficient (Wildman–Crippen LogP) is 2.91. The fraction of sp³-hybridized carbons (Fsp3) is 0.364. The van der Waals surface area contributed by atoms with Crippen LogP contribution in [0.5, 0.6) is 0 Å². The molecule has 14 heavy (non-hydrogen) atoms. The topological polar surface area (TPSA) is 37.3 Å². The molecule has 0 radical (unpaired) electrons. The summed E-state index contributed by atoms with van der Waals surface area (Å²) in [6, 6.07) is 0. The summed E-state index contributed by atoms with van der Waals surface area (Å²) in [6.07, 6.45) is 0. The van der Waals surface area contributed by atoms with Gasteiger partial charge >= 0.3 is 5.97 Å². The maximum Gasteiger partial charge on any atom is 0.337 e. The van der Waals surface area contributed by atoms with Crippen molar-refractivity contribution in [3.8, 4) is 0 Å². The van der Waals surface area contributed by atoms with E-state index in [1.54, 1.807) is 0 Å². The van der Waals surface area contributed by atoms with Gasteiger partial charge in [0, 0.05) is 4.90 Å². The lowest BCUT2D eigenvalue weighted by atomic mass is 9.94. The van der Waals surface area contributed by atoms with Crippen molar-refractivity contribution in [3.63, 3.8) is 0 Å². The number of hydrogen-bond donors (Lipinski definition) is 2. The highest BCUT2D eigenvalue weighted by Gasteiger charge is 2.17. The third-order valence-electron chi connectivity index (χ3n) is 2.87. The summed E-state index contributed by atoms with van der Waals surface area (Å²) in [4.78, 5) is 11.6. The Kier molecular flexibility index (Phi) is 2.90. The van der Waals surface area contributed by atoms with E-state index in [2.05, 4.69) is 12.6 Å². The first-order valence-electron chi connectivity index (χ1n) is 4.40. The Balaban J connectivity index is 3.68. The Morgan fingerprint density at radius 3 is 1.86 bits per heavy atom. The summed E-state index contributed by atoms with van der Waals surface area (Å²) in [6.45, 7) is 7.65. The van der Waals surface area contributed by atoms with Crippen LogP contribution in [-0.2, 0) is 0 Å². The van der Waals surface area contributed by atoms with E-state index < -0.39 is 5.97 Å². The van der Waals surface area contributed by atoms with E-state index in [0.29, 0.717) is 10.5 Å². The smallest absolute Gasteiger partial charge is 0.337 e. The van der Waals surface area contributed by atoms with Gasteiger partial charge in [-0.25, -0.2) is 4.79 Å². The number of thiol groups is 1. The van der Waals surface area contributed by atoms with Crippen molar-refractivity contribution in [1.29, 1.82) is 0 Å². The van der Waals surface area contributed by atoms with Gasteiger partial charge in [-0.2, -0.15) is 0 Å². The first-order valence-corrected chi connectivity index (χ1v) is 4.85. The van der Waals surface area contributed by atoms with Crippen molar-refractivity contribution in [3.05, 3.63) is 27.8 Å². The van der Waals surface area contributed by atoms with Crippen LogP contribution in [0.3, 0.4) is 0 Å². The molecule has 0 bridgehead atoms. The monoisotopic (exact) mass is 210 g/mol. The molecule has 0 aromatic heterocycles. The highest BCUT2D eigenvalue weighted by atomic mass is 32.1. The lowest BCUT2D eigenvalue weighted by Gasteiger charge is -2.14. The van der Waals surface area contributed by atoms with Crippen LogP contribution in [0.15, 0.2) is 4.90 Å². The maximum atomic E-state index is 11.0. The van der Waals surface area contributed by atoms with E-state index >= 15 is 0 Å². The molecule has 2 nitrogen and oxygen atoms in total. The summed E-state index contributed by atoms with van der Waals surface area (Å²) in [5, 5.41) is 9.04. The van der Waals surface area contributed by atoms with Crippen molar-refractivity contribution < 1.29 is 9.90 Å². The number of benzene rings is 1. The fourth-order valence-corrected chi connectivity index (χ4v) is 1.99. The molecule has 0 heterocycles. The fourth-order valence-electron chi connectivity index (χ4n) is 1.55. The molecule has 3 heteroatoms. The first kappa shape index (κ1) is 11.1. The third kappa shape index (κ3) is 1.52. The Morgan fingerprint density at radius 1 is 1.00 bits per heavy atom. The summed E-state index contributed by atoms with van der Waals surface area (Å²) in [5.41, 5.74) is 4.25. The molecular weight excluding hydrogens is 196 g/mol.